The molecule has 0 aliphatic carbocycles. The lowest BCUT2D eigenvalue weighted by Crippen LogP contribution is -2.03. The Bertz CT molecular complexity index is 919. The summed E-state index contributed by atoms with van der Waals surface area (Å²) in [6.45, 7) is 0.643. The van der Waals surface area contributed by atoms with E-state index in [9.17, 15) is 4.39 Å². The minimum absolute atomic E-state index is 0.0687. The van der Waals surface area contributed by atoms with E-state index in [2.05, 4.69) is 21.2 Å². The molecule has 0 fully saturated rings. The first-order chi connectivity index (χ1) is 13.1. The Hall–Kier alpha value is -2.24. The molecule has 27 heavy (non-hydrogen) atoms. The summed E-state index contributed by atoms with van der Waals surface area (Å²) in [5, 5.41) is 3.74. The van der Waals surface area contributed by atoms with Crippen molar-refractivity contribution >= 4 is 33.2 Å². The molecule has 0 spiro atoms. The average molecular weight is 451 g/mol. The van der Waals surface area contributed by atoms with Crippen molar-refractivity contribution in [1.29, 1.82) is 0 Å². The summed E-state index contributed by atoms with van der Waals surface area (Å²) in [4.78, 5) is 0. The first-order valence-corrected chi connectivity index (χ1v) is 9.46. The van der Waals surface area contributed by atoms with Crippen molar-refractivity contribution < 1.29 is 13.9 Å². The van der Waals surface area contributed by atoms with Crippen LogP contribution in [0.2, 0.25) is 5.02 Å². The zero-order chi connectivity index (χ0) is 19.2. The van der Waals surface area contributed by atoms with Crippen molar-refractivity contribution in [3.05, 3.63) is 87.1 Å². The van der Waals surface area contributed by atoms with E-state index in [1.165, 1.54) is 6.07 Å². The predicted molar refractivity (Wildman–Crippen MR) is 110 cm³/mol. The fourth-order valence-electron chi connectivity index (χ4n) is 2.55. The zero-order valence-electron chi connectivity index (χ0n) is 14.6. The molecule has 0 unspecified atom stereocenters. The van der Waals surface area contributed by atoms with Crippen LogP contribution in [0.1, 0.15) is 11.1 Å². The fourth-order valence-corrected chi connectivity index (χ4v) is 3.10. The number of methoxy groups -OCH3 is 1. The van der Waals surface area contributed by atoms with E-state index in [4.69, 9.17) is 21.1 Å². The third-order valence-electron chi connectivity index (χ3n) is 3.96. The Morgan fingerprint density at radius 2 is 1.81 bits per heavy atom. The lowest BCUT2D eigenvalue weighted by molar-refractivity contribution is 0.280. The summed E-state index contributed by atoms with van der Waals surface area (Å²) >= 11 is 9.80. The second kappa shape index (κ2) is 9.11. The van der Waals surface area contributed by atoms with Gasteiger partial charge in [0.25, 0.3) is 0 Å². The van der Waals surface area contributed by atoms with Gasteiger partial charge in [-0.2, -0.15) is 0 Å². The Morgan fingerprint density at radius 3 is 2.52 bits per heavy atom. The molecule has 0 aliphatic heterocycles. The van der Waals surface area contributed by atoms with Crippen LogP contribution in [0.3, 0.4) is 0 Å². The summed E-state index contributed by atoms with van der Waals surface area (Å²) in [6, 6.07) is 18.0. The van der Waals surface area contributed by atoms with Gasteiger partial charge >= 0.3 is 0 Å². The van der Waals surface area contributed by atoms with E-state index in [0.29, 0.717) is 28.6 Å². The number of rotatable bonds is 7. The van der Waals surface area contributed by atoms with Crippen LogP contribution >= 0.6 is 27.5 Å². The minimum Gasteiger partial charge on any atom is -0.493 e. The van der Waals surface area contributed by atoms with Crippen LogP contribution in [0, 0.1) is 5.82 Å². The highest BCUT2D eigenvalue weighted by molar-refractivity contribution is 9.10. The van der Waals surface area contributed by atoms with Crippen LogP contribution in [0.4, 0.5) is 10.1 Å². The van der Waals surface area contributed by atoms with Crippen LogP contribution in [-0.4, -0.2) is 7.11 Å². The van der Waals surface area contributed by atoms with Gasteiger partial charge in [0.15, 0.2) is 11.5 Å². The van der Waals surface area contributed by atoms with E-state index in [-0.39, 0.29) is 12.4 Å². The molecule has 0 heterocycles. The maximum absolute atomic E-state index is 13.8. The van der Waals surface area contributed by atoms with Gasteiger partial charge in [0, 0.05) is 22.3 Å². The highest BCUT2D eigenvalue weighted by atomic mass is 79.9. The molecule has 0 saturated heterocycles. The molecule has 0 aliphatic rings. The summed E-state index contributed by atoms with van der Waals surface area (Å²) in [5.41, 5.74) is 2.39. The molecular formula is C21H18BrClFNO2. The number of benzene rings is 3. The van der Waals surface area contributed by atoms with Crippen LogP contribution < -0.4 is 14.8 Å². The van der Waals surface area contributed by atoms with Gasteiger partial charge in [-0.15, -0.1) is 0 Å². The molecule has 3 rings (SSSR count). The van der Waals surface area contributed by atoms with Gasteiger partial charge in [0.1, 0.15) is 12.4 Å². The fraction of sp³-hybridized carbons (Fsp3) is 0.143. The smallest absolute Gasteiger partial charge is 0.180 e. The van der Waals surface area contributed by atoms with Crippen molar-refractivity contribution in [2.75, 3.05) is 12.4 Å². The first kappa shape index (κ1) is 19.5. The minimum atomic E-state index is -0.317. The second-order valence-corrected chi connectivity index (χ2v) is 7.17. The van der Waals surface area contributed by atoms with Gasteiger partial charge in [0.2, 0.25) is 0 Å². The van der Waals surface area contributed by atoms with Crippen LogP contribution in [0.5, 0.6) is 11.5 Å². The standard InChI is InChI=1S/C21H18BrClFNO2/c1-26-20-11-14(12-25-17-8-6-16(22)7-9-17)10-18(23)21(20)27-13-15-4-2-3-5-19(15)24/h2-11,25H,12-13H2,1H3. The summed E-state index contributed by atoms with van der Waals surface area (Å²) in [6.07, 6.45) is 0. The highest BCUT2D eigenvalue weighted by Crippen LogP contribution is 2.37. The van der Waals surface area contributed by atoms with Gasteiger partial charge in [-0.25, -0.2) is 4.39 Å². The first-order valence-electron chi connectivity index (χ1n) is 8.29. The number of hydrogen-bond donors (Lipinski definition) is 1. The molecule has 3 aromatic rings. The molecule has 0 bridgehead atoms. The van der Waals surface area contributed by atoms with Crippen molar-refractivity contribution in [3.63, 3.8) is 0 Å². The lowest BCUT2D eigenvalue weighted by Gasteiger charge is -2.15. The zero-order valence-corrected chi connectivity index (χ0v) is 17.0. The Kier molecular flexibility index (Phi) is 6.58. The molecular weight excluding hydrogens is 433 g/mol. The van der Waals surface area contributed by atoms with Crippen LogP contribution in [-0.2, 0) is 13.2 Å². The Balaban J connectivity index is 1.72. The van der Waals surface area contributed by atoms with Crippen LogP contribution in [0.25, 0.3) is 0 Å². The molecule has 0 atom stereocenters. The second-order valence-electron chi connectivity index (χ2n) is 5.85. The average Bonchev–Trinajstić information content (AvgIpc) is 2.67. The topological polar surface area (TPSA) is 30.5 Å². The third-order valence-corrected chi connectivity index (χ3v) is 4.77. The molecule has 3 aromatic carbocycles. The monoisotopic (exact) mass is 449 g/mol. The molecule has 6 heteroatoms. The quantitative estimate of drug-likeness (QED) is 0.449. The van der Waals surface area contributed by atoms with Gasteiger partial charge in [-0.1, -0.05) is 45.7 Å². The molecule has 3 nitrogen and oxygen atoms in total. The number of anilines is 1. The van der Waals surface area contributed by atoms with Crippen LogP contribution in [0.15, 0.2) is 65.1 Å². The summed E-state index contributed by atoms with van der Waals surface area (Å²) in [7, 11) is 1.55. The molecule has 140 valence electrons. The Morgan fingerprint density at radius 1 is 1.07 bits per heavy atom. The SMILES string of the molecule is COc1cc(CNc2ccc(Br)cc2)cc(Cl)c1OCc1ccccc1F. The van der Waals surface area contributed by atoms with Crippen molar-refractivity contribution in [3.8, 4) is 11.5 Å². The van der Waals surface area contributed by atoms with E-state index in [1.807, 2.05) is 36.4 Å². The van der Waals surface area contributed by atoms with Crippen molar-refractivity contribution in [2.45, 2.75) is 13.2 Å². The van der Waals surface area contributed by atoms with Gasteiger partial charge in [-0.3, -0.25) is 0 Å². The lowest BCUT2D eigenvalue weighted by atomic mass is 10.2. The maximum Gasteiger partial charge on any atom is 0.180 e. The van der Waals surface area contributed by atoms with Gasteiger partial charge < -0.3 is 14.8 Å². The molecule has 0 saturated carbocycles. The van der Waals surface area contributed by atoms with Crippen molar-refractivity contribution in [1.82, 2.24) is 0 Å². The van der Waals surface area contributed by atoms with E-state index in [0.717, 1.165) is 15.7 Å². The summed E-state index contributed by atoms with van der Waals surface area (Å²) < 4.78 is 25.9. The number of nitrogens with one attached hydrogen (secondary N) is 1. The number of halogens is 3. The maximum atomic E-state index is 13.8. The van der Waals surface area contributed by atoms with E-state index >= 15 is 0 Å². The van der Waals surface area contributed by atoms with E-state index in [1.54, 1.807) is 25.3 Å². The van der Waals surface area contributed by atoms with E-state index < -0.39 is 0 Å². The van der Waals surface area contributed by atoms with Gasteiger partial charge in [-0.05, 0) is 48.0 Å². The summed E-state index contributed by atoms with van der Waals surface area (Å²) in [5.74, 6) is 0.587. The van der Waals surface area contributed by atoms with Crippen molar-refractivity contribution in [2.24, 2.45) is 0 Å². The molecule has 0 radical (unpaired) electrons. The molecule has 1 N–H and O–H groups in total. The predicted octanol–water partition coefficient (Wildman–Crippen LogP) is 6.44. The Labute approximate surface area is 171 Å². The highest BCUT2D eigenvalue weighted by Gasteiger charge is 2.13. The van der Waals surface area contributed by atoms with Gasteiger partial charge in [0.05, 0.1) is 12.1 Å². The largest absolute Gasteiger partial charge is 0.493 e. The molecule has 0 amide bonds. The normalized spacial score (nSPS) is 10.5. The number of ether oxygens (including phenoxy) is 2. The number of hydrogen-bond acceptors (Lipinski definition) is 3. The molecule has 0 aromatic heterocycles. The third kappa shape index (κ3) is 5.15.